The number of aliphatic hydroxyl groups excluding tert-OH is 1. The van der Waals surface area contributed by atoms with Gasteiger partial charge in [-0.05, 0) is 30.9 Å². The van der Waals surface area contributed by atoms with Crippen LogP contribution in [-0.2, 0) is 9.59 Å². The van der Waals surface area contributed by atoms with Crippen molar-refractivity contribution in [3.8, 4) is 0 Å². The summed E-state index contributed by atoms with van der Waals surface area (Å²) in [5.74, 6) is -1.97. The van der Waals surface area contributed by atoms with Crippen molar-refractivity contribution < 1.29 is 19.8 Å². The first-order valence-corrected chi connectivity index (χ1v) is 8.86. The van der Waals surface area contributed by atoms with Crippen LogP contribution in [0, 0.1) is 5.92 Å². The van der Waals surface area contributed by atoms with E-state index in [1.807, 2.05) is 30.5 Å². The number of carboxylic acid groups (broad SMARTS) is 1. The number of thioether (sulfide) groups is 2. The number of carbonyl (C=O) groups is 2. The number of carbonyl (C=O) groups excluding carboxylic acids is 1. The molecule has 0 aromatic heterocycles. The van der Waals surface area contributed by atoms with Crippen LogP contribution < -0.4 is 0 Å². The summed E-state index contributed by atoms with van der Waals surface area (Å²) in [5, 5.41) is 18.9. The van der Waals surface area contributed by atoms with Crippen molar-refractivity contribution in [2.24, 2.45) is 5.92 Å². The average molecular weight is 337 g/mol. The highest BCUT2D eigenvalue weighted by molar-refractivity contribution is 8.09. The Hall–Kier alpha value is -1.44. The van der Waals surface area contributed by atoms with E-state index in [1.54, 1.807) is 18.7 Å². The van der Waals surface area contributed by atoms with E-state index in [2.05, 4.69) is 0 Å². The Morgan fingerprint density at radius 2 is 2.18 bits per heavy atom. The van der Waals surface area contributed by atoms with E-state index in [-0.39, 0.29) is 17.0 Å². The van der Waals surface area contributed by atoms with Crippen molar-refractivity contribution in [2.45, 2.75) is 23.3 Å². The molecule has 0 spiro atoms. The zero-order valence-corrected chi connectivity index (χ0v) is 13.6. The zero-order chi connectivity index (χ0) is 16.0. The van der Waals surface area contributed by atoms with E-state index in [1.165, 1.54) is 16.7 Å². The van der Waals surface area contributed by atoms with Crippen molar-refractivity contribution in [3.63, 3.8) is 0 Å². The Morgan fingerprint density at radius 1 is 1.45 bits per heavy atom. The molecule has 1 saturated heterocycles. The van der Waals surface area contributed by atoms with E-state index in [0.29, 0.717) is 4.91 Å². The van der Waals surface area contributed by atoms with Crippen LogP contribution in [-0.4, -0.2) is 44.7 Å². The molecular formula is C15H15NO4S2. The minimum atomic E-state index is -1.11. The summed E-state index contributed by atoms with van der Waals surface area (Å²) in [6, 6.07) is 7.59. The summed E-state index contributed by atoms with van der Waals surface area (Å²) >= 11 is 2.92. The van der Waals surface area contributed by atoms with Crippen molar-refractivity contribution >= 4 is 40.3 Å². The molecule has 2 N–H and O–H groups in total. The van der Waals surface area contributed by atoms with Crippen LogP contribution in [0.3, 0.4) is 0 Å². The molecule has 0 radical (unpaired) electrons. The number of rotatable bonds is 4. The van der Waals surface area contributed by atoms with Crippen LogP contribution in [0.2, 0.25) is 0 Å². The van der Waals surface area contributed by atoms with Gasteiger partial charge in [0, 0.05) is 9.80 Å². The number of nitrogens with zero attached hydrogens (tertiary/aromatic N) is 1. The predicted octanol–water partition coefficient (Wildman–Crippen LogP) is 2.07. The highest BCUT2D eigenvalue weighted by atomic mass is 32.2. The normalized spacial score (nSPS) is 25.0. The van der Waals surface area contributed by atoms with Gasteiger partial charge in [0.15, 0.2) is 0 Å². The van der Waals surface area contributed by atoms with Gasteiger partial charge in [0.2, 0.25) is 5.91 Å². The number of carboxylic acids is 1. The van der Waals surface area contributed by atoms with E-state index in [9.17, 15) is 19.8 Å². The number of amides is 1. The van der Waals surface area contributed by atoms with Crippen LogP contribution >= 0.6 is 23.5 Å². The van der Waals surface area contributed by atoms with Gasteiger partial charge in [-0.1, -0.05) is 23.9 Å². The molecule has 2 aliphatic rings. The second-order valence-electron chi connectivity index (χ2n) is 5.20. The molecule has 0 bridgehead atoms. The average Bonchev–Trinajstić information content (AvgIpc) is 2.82. The van der Waals surface area contributed by atoms with Crippen LogP contribution in [0.25, 0.3) is 4.91 Å². The number of aliphatic carboxylic acids is 1. The first-order valence-electron chi connectivity index (χ1n) is 6.75. The summed E-state index contributed by atoms with van der Waals surface area (Å²) in [5.41, 5.74) is 0.816. The van der Waals surface area contributed by atoms with Crippen molar-refractivity contribution in [1.29, 1.82) is 0 Å². The highest BCUT2D eigenvalue weighted by Gasteiger charge is 2.57. The van der Waals surface area contributed by atoms with Gasteiger partial charge in [-0.3, -0.25) is 9.69 Å². The molecule has 1 aromatic rings. The SMILES string of the molecule is CSc1cccc(C2=C(C(=O)O)N3C(=O)[C@H]([C@@H](C)O)[C@H]3S2)c1. The molecule has 0 aliphatic carbocycles. The van der Waals surface area contributed by atoms with Crippen molar-refractivity contribution in [2.75, 3.05) is 6.26 Å². The lowest BCUT2D eigenvalue weighted by atomic mass is 9.92. The van der Waals surface area contributed by atoms with E-state index >= 15 is 0 Å². The summed E-state index contributed by atoms with van der Waals surface area (Å²) in [6.45, 7) is 1.56. The minimum Gasteiger partial charge on any atom is -0.477 e. The van der Waals surface area contributed by atoms with Gasteiger partial charge in [-0.25, -0.2) is 4.79 Å². The third-order valence-corrected chi connectivity index (χ3v) is 5.97. The Kier molecular flexibility index (Phi) is 3.96. The Bertz CT molecular complexity index is 686. The Labute approximate surface area is 136 Å². The lowest BCUT2D eigenvalue weighted by molar-refractivity contribution is -0.156. The van der Waals surface area contributed by atoms with Crippen molar-refractivity contribution in [1.82, 2.24) is 4.90 Å². The summed E-state index contributed by atoms with van der Waals surface area (Å²) in [7, 11) is 0. The molecular weight excluding hydrogens is 322 g/mol. The summed E-state index contributed by atoms with van der Waals surface area (Å²) in [4.78, 5) is 26.7. The van der Waals surface area contributed by atoms with Gasteiger partial charge in [0.05, 0.1) is 12.0 Å². The summed E-state index contributed by atoms with van der Waals surface area (Å²) < 4.78 is 0. The molecule has 1 aromatic carbocycles. The van der Waals surface area contributed by atoms with E-state index < -0.39 is 18.0 Å². The molecule has 7 heteroatoms. The molecule has 2 aliphatic heterocycles. The standard InChI is InChI=1S/C15H15NO4S2/c1-7(17)10-13(18)16-11(15(19)20)12(22-14(10)16)8-4-3-5-9(6-8)21-2/h3-7,10,14,17H,1-2H3,(H,19,20)/t7-,10+,14-/m1/s1. The minimum absolute atomic E-state index is 0.0233. The summed E-state index contributed by atoms with van der Waals surface area (Å²) in [6.07, 6.45) is 1.17. The van der Waals surface area contributed by atoms with E-state index in [0.717, 1.165) is 10.5 Å². The van der Waals surface area contributed by atoms with Gasteiger partial charge < -0.3 is 10.2 Å². The first kappa shape index (κ1) is 15.5. The number of β-lactam (4-membered cyclic amide) rings is 1. The number of benzene rings is 1. The van der Waals surface area contributed by atoms with Crippen molar-refractivity contribution in [3.05, 3.63) is 35.5 Å². The molecule has 1 fully saturated rings. The largest absolute Gasteiger partial charge is 0.477 e. The maximum Gasteiger partial charge on any atom is 0.353 e. The second-order valence-corrected chi connectivity index (χ2v) is 7.20. The zero-order valence-electron chi connectivity index (χ0n) is 12.0. The maximum absolute atomic E-state index is 12.2. The maximum atomic E-state index is 12.2. The van der Waals surface area contributed by atoms with Crippen LogP contribution in [0.15, 0.2) is 34.9 Å². The third-order valence-electron chi connectivity index (χ3n) is 3.83. The second kappa shape index (κ2) is 5.64. The smallest absolute Gasteiger partial charge is 0.353 e. The molecule has 22 heavy (non-hydrogen) atoms. The Morgan fingerprint density at radius 3 is 2.77 bits per heavy atom. The molecule has 3 atom stereocenters. The molecule has 1 amide bonds. The third kappa shape index (κ3) is 2.24. The molecule has 5 nitrogen and oxygen atoms in total. The van der Waals surface area contributed by atoms with E-state index in [4.69, 9.17) is 0 Å². The highest BCUT2D eigenvalue weighted by Crippen LogP contribution is 2.53. The van der Waals surface area contributed by atoms with Gasteiger partial charge in [-0.2, -0.15) is 0 Å². The van der Waals surface area contributed by atoms with Crippen LogP contribution in [0.4, 0.5) is 0 Å². The lowest BCUT2D eigenvalue weighted by Crippen LogP contribution is -2.60. The fraction of sp³-hybridized carbons (Fsp3) is 0.333. The molecule has 0 unspecified atom stereocenters. The van der Waals surface area contributed by atoms with Gasteiger partial charge in [0.25, 0.3) is 0 Å². The molecule has 0 saturated carbocycles. The van der Waals surface area contributed by atoms with Crippen LogP contribution in [0.5, 0.6) is 0 Å². The molecule has 116 valence electrons. The first-order chi connectivity index (χ1) is 10.5. The topological polar surface area (TPSA) is 77.8 Å². The number of fused-ring (bicyclic) bond motifs is 1. The lowest BCUT2D eigenvalue weighted by Gasteiger charge is -2.43. The number of hydrogen-bond donors (Lipinski definition) is 2. The fourth-order valence-electron chi connectivity index (χ4n) is 2.75. The van der Waals surface area contributed by atoms with Gasteiger partial charge in [0.1, 0.15) is 11.1 Å². The van der Waals surface area contributed by atoms with Gasteiger partial charge >= 0.3 is 5.97 Å². The molecule has 3 rings (SSSR count). The van der Waals surface area contributed by atoms with Gasteiger partial charge in [-0.15, -0.1) is 11.8 Å². The number of aliphatic hydroxyl groups is 1. The number of hydrogen-bond acceptors (Lipinski definition) is 5. The monoisotopic (exact) mass is 337 g/mol. The Balaban J connectivity index is 2.03. The predicted molar refractivity (Wildman–Crippen MR) is 86.2 cm³/mol. The molecule has 2 heterocycles. The fourth-order valence-corrected chi connectivity index (χ4v) is 4.82. The quantitative estimate of drug-likeness (QED) is 0.647. The van der Waals surface area contributed by atoms with Crippen LogP contribution in [0.1, 0.15) is 12.5 Å².